The fourth-order valence-corrected chi connectivity index (χ4v) is 1.97. The lowest BCUT2D eigenvalue weighted by molar-refractivity contribution is 0.0945. The third-order valence-electron chi connectivity index (χ3n) is 2.47. The molecule has 1 heterocycles. The molecule has 0 aliphatic rings. The highest BCUT2D eigenvalue weighted by atomic mass is 32.1. The van der Waals surface area contributed by atoms with E-state index in [9.17, 15) is 4.79 Å². The number of amides is 1. The molecule has 5 heteroatoms. The molecule has 90 valence electrons. The van der Waals surface area contributed by atoms with Crippen LogP contribution in [0.4, 0.5) is 0 Å². The minimum Gasteiger partial charge on any atom is -0.349 e. The van der Waals surface area contributed by atoms with Crippen LogP contribution >= 0.6 is 11.5 Å². The van der Waals surface area contributed by atoms with Crippen molar-refractivity contribution < 1.29 is 4.79 Å². The Kier molecular flexibility index (Phi) is 5.42. The number of aryl methyl sites for hydroxylation is 1. The number of hydrogen-bond donors (Lipinski definition) is 1. The van der Waals surface area contributed by atoms with Crippen molar-refractivity contribution in [3.8, 4) is 0 Å². The summed E-state index contributed by atoms with van der Waals surface area (Å²) in [6, 6.07) is 1.82. The number of carbonyl (C=O) groups excluding carboxylic acids is 1. The second kappa shape index (κ2) is 6.60. The summed E-state index contributed by atoms with van der Waals surface area (Å²) < 4.78 is 4.07. The summed E-state index contributed by atoms with van der Waals surface area (Å²) in [5.74, 6) is -0.0727. The summed E-state index contributed by atoms with van der Waals surface area (Å²) in [5, 5.41) is 2.87. The predicted molar refractivity (Wildman–Crippen MR) is 67.0 cm³/mol. The van der Waals surface area contributed by atoms with E-state index in [-0.39, 0.29) is 5.91 Å². The second-order valence-electron chi connectivity index (χ2n) is 3.61. The molecule has 0 radical (unpaired) electrons. The normalized spacial score (nSPS) is 10.8. The van der Waals surface area contributed by atoms with Crippen molar-refractivity contribution in [2.45, 2.75) is 20.8 Å². The zero-order valence-corrected chi connectivity index (χ0v) is 10.9. The maximum atomic E-state index is 11.6. The fourth-order valence-electron chi connectivity index (χ4n) is 1.43. The molecule has 1 aromatic heterocycles. The Bertz CT molecular complexity index is 334. The van der Waals surface area contributed by atoms with Gasteiger partial charge in [-0.1, -0.05) is 13.8 Å². The van der Waals surface area contributed by atoms with E-state index in [0.29, 0.717) is 12.2 Å². The Morgan fingerprint density at radius 3 is 2.69 bits per heavy atom. The molecular formula is C11H19N3OS. The average Bonchev–Trinajstić information content (AvgIpc) is 2.71. The van der Waals surface area contributed by atoms with Crippen LogP contribution in [0.15, 0.2) is 6.07 Å². The zero-order chi connectivity index (χ0) is 12.0. The standard InChI is InChI=1S/C11H19N3OS/c1-4-14(5-2)7-6-12-11(15)10-8-9(3)16-13-10/h8H,4-7H2,1-3H3,(H,12,15). The number of likely N-dealkylation sites (N-methyl/N-ethyl adjacent to an activating group) is 1. The molecule has 0 fully saturated rings. The van der Waals surface area contributed by atoms with E-state index in [0.717, 1.165) is 24.5 Å². The lowest BCUT2D eigenvalue weighted by Crippen LogP contribution is -2.34. The number of rotatable bonds is 6. The van der Waals surface area contributed by atoms with Crippen molar-refractivity contribution in [1.82, 2.24) is 14.6 Å². The van der Waals surface area contributed by atoms with Crippen LogP contribution in [-0.4, -0.2) is 41.4 Å². The van der Waals surface area contributed by atoms with Crippen molar-refractivity contribution >= 4 is 17.4 Å². The molecule has 0 spiro atoms. The first kappa shape index (κ1) is 13.1. The van der Waals surface area contributed by atoms with Gasteiger partial charge in [-0.05, 0) is 37.6 Å². The molecule has 1 aromatic rings. The minimum atomic E-state index is -0.0727. The molecule has 4 nitrogen and oxygen atoms in total. The van der Waals surface area contributed by atoms with Gasteiger partial charge in [0.25, 0.3) is 5.91 Å². The maximum Gasteiger partial charge on any atom is 0.271 e. The average molecular weight is 241 g/mol. The van der Waals surface area contributed by atoms with E-state index >= 15 is 0 Å². The van der Waals surface area contributed by atoms with Gasteiger partial charge in [0.05, 0.1) is 0 Å². The molecule has 0 aliphatic heterocycles. The number of carbonyl (C=O) groups is 1. The topological polar surface area (TPSA) is 45.2 Å². The van der Waals surface area contributed by atoms with E-state index < -0.39 is 0 Å². The van der Waals surface area contributed by atoms with E-state index in [4.69, 9.17) is 0 Å². The third kappa shape index (κ3) is 3.90. The van der Waals surface area contributed by atoms with Gasteiger partial charge in [0.1, 0.15) is 5.69 Å². The number of nitrogens with zero attached hydrogens (tertiary/aromatic N) is 2. The van der Waals surface area contributed by atoms with Crippen LogP contribution in [0, 0.1) is 6.92 Å². The molecule has 1 amide bonds. The van der Waals surface area contributed by atoms with E-state index in [1.54, 1.807) is 0 Å². The van der Waals surface area contributed by atoms with Crippen molar-refractivity contribution in [2.75, 3.05) is 26.2 Å². The van der Waals surface area contributed by atoms with E-state index in [2.05, 4.69) is 28.4 Å². The zero-order valence-electron chi connectivity index (χ0n) is 10.1. The summed E-state index contributed by atoms with van der Waals surface area (Å²) in [5.41, 5.74) is 0.530. The van der Waals surface area contributed by atoms with Gasteiger partial charge in [0, 0.05) is 18.0 Å². The van der Waals surface area contributed by atoms with Gasteiger partial charge in [-0.25, -0.2) is 0 Å². The lowest BCUT2D eigenvalue weighted by atomic mass is 10.3. The molecule has 1 N–H and O–H groups in total. The molecule has 0 saturated heterocycles. The van der Waals surface area contributed by atoms with Crippen LogP contribution in [0.2, 0.25) is 0 Å². The molecule has 1 rings (SSSR count). The van der Waals surface area contributed by atoms with Crippen molar-refractivity contribution in [3.63, 3.8) is 0 Å². The van der Waals surface area contributed by atoms with Crippen molar-refractivity contribution in [1.29, 1.82) is 0 Å². The van der Waals surface area contributed by atoms with Gasteiger partial charge >= 0.3 is 0 Å². The van der Waals surface area contributed by atoms with Crippen LogP contribution in [0.3, 0.4) is 0 Å². The highest BCUT2D eigenvalue weighted by Crippen LogP contribution is 2.07. The molecule has 0 bridgehead atoms. The maximum absolute atomic E-state index is 11.6. The Hall–Kier alpha value is -0.940. The highest BCUT2D eigenvalue weighted by molar-refractivity contribution is 7.05. The van der Waals surface area contributed by atoms with E-state index in [1.807, 2.05) is 13.0 Å². The van der Waals surface area contributed by atoms with Gasteiger partial charge in [0.2, 0.25) is 0 Å². The molecule has 16 heavy (non-hydrogen) atoms. The first-order chi connectivity index (χ1) is 7.67. The predicted octanol–water partition coefficient (Wildman–Crippen LogP) is 1.52. The summed E-state index contributed by atoms with van der Waals surface area (Å²) in [7, 11) is 0. The first-order valence-corrected chi connectivity index (χ1v) is 6.38. The number of hydrogen-bond acceptors (Lipinski definition) is 4. The largest absolute Gasteiger partial charge is 0.349 e. The summed E-state index contributed by atoms with van der Waals surface area (Å²) >= 11 is 1.36. The molecule has 0 atom stereocenters. The minimum absolute atomic E-state index is 0.0727. The van der Waals surface area contributed by atoms with Crippen LogP contribution in [0.25, 0.3) is 0 Å². The summed E-state index contributed by atoms with van der Waals surface area (Å²) in [6.07, 6.45) is 0. The van der Waals surface area contributed by atoms with Gasteiger partial charge in [-0.2, -0.15) is 4.37 Å². The lowest BCUT2D eigenvalue weighted by Gasteiger charge is -2.17. The van der Waals surface area contributed by atoms with Crippen molar-refractivity contribution in [3.05, 3.63) is 16.6 Å². The molecule has 0 aliphatic carbocycles. The Balaban J connectivity index is 2.30. The molecule has 0 saturated carbocycles. The Labute approximate surface area is 101 Å². The van der Waals surface area contributed by atoms with Crippen LogP contribution in [0.5, 0.6) is 0 Å². The van der Waals surface area contributed by atoms with Gasteiger partial charge in [0.15, 0.2) is 0 Å². The highest BCUT2D eigenvalue weighted by Gasteiger charge is 2.08. The van der Waals surface area contributed by atoms with Crippen molar-refractivity contribution in [2.24, 2.45) is 0 Å². The van der Waals surface area contributed by atoms with Crippen LogP contribution in [0.1, 0.15) is 29.2 Å². The summed E-state index contributed by atoms with van der Waals surface area (Å²) in [4.78, 5) is 15.0. The molecule has 0 aromatic carbocycles. The first-order valence-electron chi connectivity index (χ1n) is 5.61. The Morgan fingerprint density at radius 2 is 2.19 bits per heavy atom. The molecular weight excluding hydrogens is 222 g/mol. The van der Waals surface area contributed by atoms with Crippen LogP contribution in [-0.2, 0) is 0 Å². The van der Waals surface area contributed by atoms with Gasteiger partial charge < -0.3 is 10.2 Å². The van der Waals surface area contributed by atoms with Gasteiger partial charge in [-0.15, -0.1) is 0 Å². The second-order valence-corrected chi connectivity index (χ2v) is 4.61. The third-order valence-corrected chi connectivity index (χ3v) is 3.16. The number of aromatic nitrogens is 1. The fraction of sp³-hybridized carbons (Fsp3) is 0.636. The van der Waals surface area contributed by atoms with Crippen LogP contribution < -0.4 is 5.32 Å². The number of nitrogens with one attached hydrogen (secondary N) is 1. The quantitative estimate of drug-likeness (QED) is 0.821. The smallest absolute Gasteiger partial charge is 0.271 e. The Morgan fingerprint density at radius 1 is 1.50 bits per heavy atom. The summed E-state index contributed by atoms with van der Waals surface area (Å²) in [6.45, 7) is 9.79. The monoisotopic (exact) mass is 241 g/mol. The van der Waals surface area contributed by atoms with Gasteiger partial charge in [-0.3, -0.25) is 4.79 Å². The SMILES string of the molecule is CCN(CC)CCNC(=O)c1cc(C)sn1. The molecule has 0 unspecified atom stereocenters. The van der Waals surface area contributed by atoms with E-state index in [1.165, 1.54) is 11.5 Å².